The van der Waals surface area contributed by atoms with E-state index in [9.17, 15) is 14.9 Å². The van der Waals surface area contributed by atoms with Crippen molar-refractivity contribution < 1.29 is 14.3 Å². The first-order valence-electron chi connectivity index (χ1n) is 25.5. The Labute approximate surface area is 417 Å². The van der Waals surface area contributed by atoms with Gasteiger partial charge in [-0.15, -0.1) is 10.2 Å². The molecule has 10 rings (SSSR count). The van der Waals surface area contributed by atoms with Crippen LogP contribution in [0.2, 0.25) is 5.02 Å². The second kappa shape index (κ2) is 19.7. The molecule has 368 valence electrons. The van der Waals surface area contributed by atoms with Crippen LogP contribution in [0.5, 0.6) is 5.75 Å². The SMILES string of the molecule is CC(=O)N1CCc2c(c(N3CCCc4cc(-c5cnn(C)c5)c(C)cc43)nn2C2CCN(CC3CCN(c4ccc(C(=O)NC5CCC(Oc6ccc(C#N)c(Cl)c6C)CC5)nn4)CC3(C)C)CC2)C1. The number of carbonyl (C=O) groups is 2. The Kier molecular flexibility index (Phi) is 13.4. The summed E-state index contributed by atoms with van der Waals surface area (Å²) in [7, 11) is 1.96. The Morgan fingerprint density at radius 2 is 1.76 bits per heavy atom. The number of hydrogen-bond donors (Lipinski definition) is 1. The Morgan fingerprint density at radius 3 is 2.46 bits per heavy atom. The number of aryl methyl sites for hydroxylation is 3. The van der Waals surface area contributed by atoms with Crippen molar-refractivity contribution in [1.82, 2.24) is 44.9 Å². The van der Waals surface area contributed by atoms with E-state index in [1.807, 2.05) is 41.9 Å². The molecule has 5 aliphatic rings. The molecule has 3 fully saturated rings. The van der Waals surface area contributed by atoms with Crippen LogP contribution in [0.25, 0.3) is 11.1 Å². The van der Waals surface area contributed by atoms with Gasteiger partial charge in [-0.2, -0.15) is 15.5 Å². The fraction of sp³-hybridized carbons (Fsp3) is 0.537. The smallest absolute Gasteiger partial charge is 0.272 e. The van der Waals surface area contributed by atoms with E-state index in [0.29, 0.717) is 40.5 Å². The number of amides is 2. The fourth-order valence-corrected chi connectivity index (χ4v) is 12.1. The van der Waals surface area contributed by atoms with Gasteiger partial charge in [0, 0.05) is 107 Å². The molecule has 1 atom stereocenters. The Hall–Kier alpha value is -5.98. The molecule has 1 aliphatic carbocycles. The molecule has 4 aliphatic heterocycles. The first-order valence-corrected chi connectivity index (χ1v) is 25.8. The van der Waals surface area contributed by atoms with Gasteiger partial charge in [-0.05, 0) is 136 Å². The van der Waals surface area contributed by atoms with E-state index in [4.69, 9.17) is 21.4 Å². The second-order valence-corrected chi connectivity index (χ2v) is 21.6. The van der Waals surface area contributed by atoms with Crippen molar-refractivity contribution in [1.29, 1.82) is 5.26 Å². The highest BCUT2D eigenvalue weighted by atomic mass is 35.5. The van der Waals surface area contributed by atoms with Gasteiger partial charge in [0.15, 0.2) is 17.3 Å². The quantitative estimate of drug-likeness (QED) is 0.143. The summed E-state index contributed by atoms with van der Waals surface area (Å²) in [4.78, 5) is 35.5. The number of anilines is 3. The van der Waals surface area contributed by atoms with Crippen LogP contribution in [0.1, 0.15) is 122 Å². The molecule has 2 saturated heterocycles. The minimum Gasteiger partial charge on any atom is -0.490 e. The Bertz CT molecular complexity index is 2800. The zero-order chi connectivity index (χ0) is 48.8. The van der Waals surface area contributed by atoms with Crippen LogP contribution in [0.15, 0.2) is 48.8 Å². The van der Waals surface area contributed by atoms with E-state index in [2.05, 4.69) is 85.2 Å². The van der Waals surface area contributed by atoms with Crippen molar-refractivity contribution in [2.75, 3.05) is 55.6 Å². The van der Waals surface area contributed by atoms with E-state index in [1.54, 1.807) is 19.1 Å². The van der Waals surface area contributed by atoms with Crippen molar-refractivity contribution in [3.8, 4) is 22.9 Å². The summed E-state index contributed by atoms with van der Waals surface area (Å²) in [5, 5.41) is 31.8. The normalized spacial score (nSPS) is 21.7. The van der Waals surface area contributed by atoms with Crippen LogP contribution in [-0.2, 0) is 31.2 Å². The van der Waals surface area contributed by atoms with Crippen LogP contribution in [0.4, 0.5) is 17.3 Å². The highest BCUT2D eigenvalue weighted by molar-refractivity contribution is 6.32. The lowest BCUT2D eigenvalue weighted by Crippen LogP contribution is -2.50. The van der Waals surface area contributed by atoms with Gasteiger partial charge >= 0.3 is 0 Å². The van der Waals surface area contributed by atoms with E-state index in [1.165, 1.54) is 33.6 Å². The lowest BCUT2D eigenvalue weighted by Gasteiger charge is -2.47. The third-order valence-corrected chi connectivity index (χ3v) is 16.6. The molecule has 1 unspecified atom stereocenters. The number of ether oxygens (including phenoxy) is 1. The highest BCUT2D eigenvalue weighted by Gasteiger charge is 2.39. The zero-order valence-electron chi connectivity index (χ0n) is 41.7. The average Bonchev–Trinajstić information content (AvgIpc) is 3.97. The maximum absolute atomic E-state index is 13.3. The fourth-order valence-electron chi connectivity index (χ4n) is 11.9. The molecule has 15 nitrogen and oxygen atoms in total. The van der Waals surface area contributed by atoms with E-state index < -0.39 is 0 Å². The summed E-state index contributed by atoms with van der Waals surface area (Å²) >= 11 is 6.36. The number of hydrogen-bond acceptors (Lipinski definition) is 11. The van der Waals surface area contributed by atoms with Gasteiger partial charge in [0.1, 0.15) is 11.8 Å². The molecular formula is C54H67ClN12O3. The summed E-state index contributed by atoms with van der Waals surface area (Å²) in [5.74, 6) is 2.99. The molecule has 0 spiro atoms. The number of nitrogens with one attached hydrogen (secondary N) is 1. The third-order valence-electron chi connectivity index (χ3n) is 16.1. The molecule has 1 saturated carbocycles. The second-order valence-electron chi connectivity index (χ2n) is 21.3. The molecule has 16 heteroatoms. The molecule has 7 heterocycles. The minimum atomic E-state index is -0.201. The van der Waals surface area contributed by atoms with Crippen molar-refractivity contribution >= 4 is 40.7 Å². The standard InChI is InChI=1S/C54H67ClN12O3/c1-34-26-48-37(27-44(34)39-29-57-62(6)30-39)8-7-21-66(48)52-45-32-64(36(3)68)25-20-47(45)67(61-52)42-18-22-63(23-19-42)31-40-17-24-65(33-54(40,4)5)50-16-14-46(59-60-50)53(69)58-41-10-12-43(13-11-41)70-49-15-9-38(28-56)51(55)35(49)2/h9,14-16,26-27,29-30,40-43H,7-8,10-13,17-25,31-33H2,1-6H3,(H,58,69). The van der Waals surface area contributed by atoms with Gasteiger partial charge in [-0.25, -0.2) is 0 Å². The summed E-state index contributed by atoms with van der Waals surface area (Å²) < 4.78 is 10.5. The van der Waals surface area contributed by atoms with Gasteiger partial charge < -0.3 is 29.7 Å². The number of nitrogens with zero attached hydrogens (tertiary/aromatic N) is 11. The van der Waals surface area contributed by atoms with Crippen molar-refractivity contribution in [2.24, 2.45) is 18.4 Å². The number of carbonyl (C=O) groups excluding carboxylic acids is 2. The molecule has 0 radical (unpaired) electrons. The third kappa shape index (κ3) is 9.61. The number of nitriles is 1. The number of likely N-dealkylation sites (tertiary alicyclic amines) is 1. The van der Waals surface area contributed by atoms with Gasteiger partial charge in [-0.1, -0.05) is 25.4 Å². The van der Waals surface area contributed by atoms with Crippen LogP contribution in [0, 0.1) is 36.5 Å². The number of piperidine rings is 2. The number of aromatic nitrogens is 6. The average molecular weight is 968 g/mol. The molecule has 2 aromatic carbocycles. The largest absolute Gasteiger partial charge is 0.490 e. The van der Waals surface area contributed by atoms with E-state index >= 15 is 0 Å². The van der Waals surface area contributed by atoms with Crippen LogP contribution >= 0.6 is 11.6 Å². The Morgan fingerprint density at radius 1 is 0.957 bits per heavy atom. The summed E-state index contributed by atoms with van der Waals surface area (Å²) in [6, 6.07) is 14.4. The summed E-state index contributed by atoms with van der Waals surface area (Å²) in [5.41, 5.74) is 10.3. The van der Waals surface area contributed by atoms with Crippen molar-refractivity contribution in [3.05, 3.63) is 93.0 Å². The maximum atomic E-state index is 13.3. The number of fused-ring (bicyclic) bond motifs is 2. The van der Waals surface area contributed by atoms with E-state index in [-0.39, 0.29) is 29.4 Å². The first-order chi connectivity index (χ1) is 33.7. The number of rotatable bonds is 10. The maximum Gasteiger partial charge on any atom is 0.272 e. The number of halogens is 1. The number of benzene rings is 2. The van der Waals surface area contributed by atoms with Gasteiger partial charge in [0.2, 0.25) is 5.91 Å². The van der Waals surface area contributed by atoms with Crippen molar-refractivity contribution in [3.63, 3.8) is 0 Å². The Balaban J connectivity index is 0.734. The molecule has 1 N–H and O–H groups in total. The first kappa shape index (κ1) is 47.7. The summed E-state index contributed by atoms with van der Waals surface area (Å²) in [6.07, 6.45) is 13.3. The zero-order valence-corrected chi connectivity index (χ0v) is 42.4. The summed E-state index contributed by atoms with van der Waals surface area (Å²) in [6.45, 7) is 17.7. The molecular weight excluding hydrogens is 900 g/mol. The lowest BCUT2D eigenvalue weighted by molar-refractivity contribution is -0.129. The van der Waals surface area contributed by atoms with Crippen molar-refractivity contribution in [2.45, 2.75) is 124 Å². The predicted molar refractivity (Wildman–Crippen MR) is 272 cm³/mol. The van der Waals surface area contributed by atoms with Gasteiger partial charge in [0.05, 0.1) is 35.5 Å². The molecule has 70 heavy (non-hydrogen) atoms. The predicted octanol–water partition coefficient (Wildman–Crippen LogP) is 8.51. The van der Waals surface area contributed by atoms with Crippen LogP contribution < -0.4 is 19.9 Å². The molecule has 0 bridgehead atoms. The molecule has 3 aromatic heterocycles. The van der Waals surface area contributed by atoms with Gasteiger partial charge in [-0.3, -0.25) is 19.0 Å². The van der Waals surface area contributed by atoms with Crippen LogP contribution in [0.3, 0.4) is 0 Å². The monoisotopic (exact) mass is 967 g/mol. The van der Waals surface area contributed by atoms with Gasteiger partial charge in [0.25, 0.3) is 5.91 Å². The lowest BCUT2D eigenvalue weighted by atomic mass is 9.73. The topological polar surface area (TPSA) is 154 Å². The van der Waals surface area contributed by atoms with Crippen LogP contribution in [-0.4, -0.2) is 109 Å². The highest BCUT2D eigenvalue weighted by Crippen LogP contribution is 2.43. The molecule has 5 aromatic rings. The molecule has 2 amide bonds. The minimum absolute atomic E-state index is 0.0223. The van der Waals surface area contributed by atoms with E-state index in [0.717, 1.165) is 133 Å².